The lowest BCUT2D eigenvalue weighted by Crippen LogP contribution is -2.51. The number of aliphatic hydroxyl groups excluding tert-OH is 5. The summed E-state index contributed by atoms with van der Waals surface area (Å²) < 4.78 is 6.24. The lowest BCUT2D eigenvalue weighted by molar-refractivity contribution is -0.148. The van der Waals surface area contributed by atoms with Crippen LogP contribution >= 0.6 is 11.6 Å². The van der Waals surface area contributed by atoms with Gasteiger partial charge in [-0.3, -0.25) is 9.78 Å². The van der Waals surface area contributed by atoms with E-state index in [0.717, 1.165) is 65.7 Å². The van der Waals surface area contributed by atoms with Gasteiger partial charge in [0.25, 0.3) is 5.91 Å². The van der Waals surface area contributed by atoms with Gasteiger partial charge in [-0.25, -0.2) is 0 Å². The van der Waals surface area contributed by atoms with Crippen LogP contribution in [0.1, 0.15) is 68.1 Å². The van der Waals surface area contributed by atoms with E-state index in [9.17, 15) is 25.2 Å². The zero-order valence-corrected chi connectivity index (χ0v) is 26.7. The summed E-state index contributed by atoms with van der Waals surface area (Å²) in [5.41, 5.74) is 5.26. The van der Waals surface area contributed by atoms with Gasteiger partial charge in [0.05, 0.1) is 12.7 Å². The molecule has 2 aromatic carbocycles. The third kappa shape index (κ3) is 8.24. The van der Waals surface area contributed by atoms with Crippen molar-refractivity contribution in [2.45, 2.75) is 94.0 Å². The highest BCUT2D eigenvalue weighted by atomic mass is 35.5. The Morgan fingerprint density at radius 2 is 1.83 bits per heavy atom. The quantitative estimate of drug-likeness (QED) is 0.108. The minimum absolute atomic E-state index is 0.160. The molecule has 0 spiro atoms. The number of halogens is 1. The summed E-state index contributed by atoms with van der Waals surface area (Å²) >= 11 is 6.66. The second-order valence-electron chi connectivity index (χ2n) is 12.5. The molecule has 11 heteroatoms. The van der Waals surface area contributed by atoms with Crippen molar-refractivity contribution in [2.24, 2.45) is 0 Å². The van der Waals surface area contributed by atoms with Crippen molar-refractivity contribution in [1.82, 2.24) is 15.6 Å². The van der Waals surface area contributed by atoms with E-state index in [-0.39, 0.29) is 18.0 Å². The number of aromatic nitrogens is 1. The van der Waals surface area contributed by atoms with Crippen LogP contribution in [0, 0.1) is 0 Å². The maximum absolute atomic E-state index is 12.2. The smallest absolute Gasteiger partial charge is 0.251 e. The van der Waals surface area contributed by atoms with E-state index in [4.69, 9.17) is 21.4 Å². The lowest BCUT2D eigenvalue weighted by Gasteiger charge is -2.25. The summed E-state index contributed by atoms with van der Waals surface area (Å²) in [6, 6.07) is 16.3. The van der Waals surface area contributed by atoms with Crippen molar-refractivity contribution in [2.75, 3.05) is 13.2 Å². The summed E-state index contributed by atoms with van der Waals surface area (Å²) in [7, 11) is 0. The molecule has 1 unspecified atom stereocenters. The number of amides is 1. The molecule has 10 nitrogen and oxygen atoms in total. The van der Waals surface area contributed by atoms with Gasteiger partial charge >= 0.3 is 0 Å². The van der Waals surface area contributed by atoms with Gasteiger partial charge in [-0.15, -0.1) is 0 Å². The van der Waals surface area contributed by atoms with E-state index >= 15 is 0 Å². The van der Waals surface area contributed by atoms with Gasteiger partial charge < -0.3 is 40.9 Å². The highest BCUT2D eigenvalue weighted by Gasteiger charge is 2.46. The summed E-state index contributed by atoms with van der Waals surface area (Å²) in [5.74, 6) is 0.199. The minimum Gasteiger partial charge on any atom is -0.490 e. The summed E-state index contributed by atoms with van der Waals surface area (Å²) in [4.78, 5) is 16.7. The number of carbonyl (C=O) groups is 1. The van der Waals surface area contributed by atoms with Crippen LogP contribution in [-0.2, 0) is 16.9 Å². The summed E-state index contributed by atoms with van der Waals surface area (Å²) in [5, 5.41) is 55.0. The second kappa shape index (κ2) is 15.2. The fourth-order valence-corrected chi connectivity index (χ4v) is 5.89. The van der Waals surface area contributed by atoms with Crippen LogP contribution in [0.15, 0.2) is 60.9 Å². The third-order valence-electron chi connectivity index (χ3n) is 8.97. The predicted molar refractivity (Wildman–Crippen MR) is 174 cm³/mol. The van der Waals surface area contributed by atoms with Gasteiger partial charge in [0.15, 0.2) is 6.10 Å². The van der Waals surface area contributed by atoms with Gasteiger partial charge in [-0.2, -0.15) is 0 Å². The molecule has 1 amide bonds. The van der Waals surface area contributed by atoms with Crippen molar-refractivity contribution in [1.29, 1.82) is 0 Å². The second-order valence-corrected chi connectivity index (χ2v) is 12.9. The molecule has 7 N–H and O–H groups in total. The molecular formula is C35H44ClN3O7. The molecule has 0 saturated heterocycles. The van der Waals surface area contributed by atoms with E-state index in [2.05, 4.69) is 40.7 Å². The van der Waals surface area contributed by atoms with Gasteiger partial charge in [-0.05, 0) is 84.9 Å². The number of rotatable bonds is 17. The van der Waals surface area contributed by atoms with E-state index in [1.54, 1.807) is 0 Å². The molecule has 2 aliphatic carbocycles. The van der Waals surface area contributed by atoms with Crippen molar-refractivity contribution in [3.8, 4) is 16.9 Å². The van der Waals surface area contributed by atoms with E-state index in [1.807, 2.05) is 42.7 Å². The highest BCUT2D eigenvalue weighted by molar-refractivity contribution is 6.31. The zero-order valence-electron chi connectivity index (χ0n) is 26.0. The average Bonchev–Trinajstić information content (AvgIpc) is 4.02. The molecule has 1 heterocycles. The van der Waals surface area contributed by atoms with Gasteiger partial charge in [0.1, 0.15) is 24.1 Å². The van der Waals surface area contributed by atoms with Crippen LogP contribution in [0.4, 0.5) is 0 Å². The SMILES string of the molecule is CC(CCCNC(=O)[C@@H](O)[C@@H](O)[C@H](O)[C@@H](O)CO)c1ccc(Cl)c(CNC2(c3cnccc3-c3ccccc3OC3CC3)CC2)c1. The number of nitrogens with one attached hydrogen (secondary N) is 2. The zero-order chi connectivity index (χ0) is 32.8. The number of hydrogen-bond acceptors (Lipinski definition) is 9. The molecule has 1 aromatic heterocycles. The average molecular weight is 654 g/mol. The first-order valence-electron chi connectivity index (χ1n) is 16.0. The van der Waals surface area contributed by atoms with Crippen molar-refractivity contribution in [3.05, 3.63) is 82.6 Å². The molecule has 2 fully saturated rings. The normalized spacial score (nSPS) is 18.7. The Labute approximate surface area is 274 Å². The number of hydrogen-bond donors (Lipinski definition) is 7. The van der Waals surface area contributed by atoms with E-state index in [0.29, 0.717) is 24.1 Å². The van der Waals surface area contributed by atoms with Crippen LogP contribution in [0.3, 0.4) is 0 Å². The Kier molecular flexibility index (Phi) is 11.3. The summed E-state index contributed by atoms with van der Waals surface area (Å²) in [6.07, 6.45) is 2.20. The number of ether oxygens (including phenoxy) is 1. The van der Waals surface area contributed by atoms with Crippen molar-refractivity contribution in [3.63, 3.8) is 0 Å². The standard InChI is InChI=1S/C35H44ClN3O7/c1-21(5-4-15-38-34(45)33(44)32(43)31(42)29(41)20-40)22-8-11-28(36)23(17-22)18-39-35(13-14-35)27-19-37-16-12-25(27)26-6-2-3-7-30(26)46-24-9-10-24/h2-3,6-8,11-12,16-17,19,21,24,29,31-33,39-44H,4-5,9-10,13-15,18,20H2,1H3,(H,38,45)/t21?,29-,31+,32-,33-/m0/s1. The van der Waals surface area contributed by atoms with Crippen LogP contribution < -0.4 is 15.4 Å². The number of aliphatic hydroxyl groups is 5. The predicted octanol–water partition coefficient (Wildman–Crippen LogP) is 3.16. The number of nitrogens with zero attached hydrogens (tertiary/aromatic N) is 1. The van der Waals surface area contributed by atoms with E-state index in [1.165, 1.54) is 0 Å². The fourth-order valence-electron chi connectivity index (χ4n) is 5.70. The largest absolute Gasteiger partial charge is 0.490 e. The Morgan fingerprint density at radius 3 is 2.54 bits per heavy atom. The highest BCUT2D eigenvalue weighted by Crippen LogP contribution is 2.50. The molecular weight excluding hydrogens is 610 g/mol. The third-order valence-corrected chi connectivity index (χ3v) is 9.34. The monoisotopic (exact) mass is 653 g/mol. The topological polar surface area (TPSA) is 164 Å². The number of para-hydroxylation sites is 1. The van der Waals surface area contributed by atoms with E-state index < -0.39 is 36.9 Å². The molecule has 0 radical (unpaired) electrons. The molecule has 2 saturated carbocycles. The minimum atomic E-state index is -1.94. The first kappa shape index (κ1) is 34.3. The Bertz CT molecular complexity index is 1480. The molecule has 46 heavy (non-hydrogen) atoms. The Morgan fingerprint density at radius 1 is 1.07 bits per heavy atom. The van der Waals surface area contributed by atoms with Crippen LogP contribution in [0.2, 0.25) is 5.02 Å². The maximum Gasteiger partial charge on any atom is 0.251 e. The molecule has 0 bridgehead atoms. The lowest BCUT2D eigenvalue weighted by atomic mass is 9.93. The number of benzene rings is 2. The van der Waals surface area contributed by atoms with Gasteiger partial charge in [0.2, 0.25) is 0 Å². The Balaban J connectivity index is 1.17. The first-order valence-corrected chi connectivity index (χ1v) is 16.4. The van der Waals surface area contributed by atoms with Gasteiger partial charge in [-0.1, -0.05) is 48.9 Å². The van der Waals surface area contributed by atoms with Crippen LogP contribution in [0.5, 0.6) is 5.75 Å². The van der Waals surface area contributed by atoms with Crippen molar-refractivity contribution >= 4 is 17.5 Å². The molecule has 0 aliphatic heterocycles. The number of pyridine rings is 1. The van der Waals surface area contributed by atoms with Gasteiger partial charge in [0, 0.05) is 41.6 Å². The molecule has 5 rings (SSSR count). The van der Waals surface area contributed by atoms with Crippen molar-refractivity contribution < 1.29 is 35.1 Å². The summed E-state index contributed by atoms with van der Waals surface area (Å²) in [6.45, 7) is 2.11. The number of carbonyl (C=O) groups excluding carboxylic acids is 1. The van der Waals surface area contributed by atoms with Crippen LogP contribution in [0.25, 0.3) is 11.1 Å². The molecule has 248 valence electrons. The Hall–Kier alpha value is -3.09. The molecule has 5 atom stereocenters. The van der Waals surface area contributed by atoms with Crippen LogP contribution in [-0.4, -0.2) is 80.1 Å². The maximum atomic E-state index is 12.2. The molecule has 2 aliphatic rings. The first-order chi connectivity index (χ1) is 22.1. The fraction of sp³-hybridized carbons (Fsp3) is 0.486. The molecule has 3 aromatic rings.